The second-order valence-electron chi connectivity index (χ2n) is 3.65. The van der Waals surface area contributed by atoms with Gasteiger partial charge in [-0.25, -0.2) is 0 Å². The summed E-state index contributed by atoms with van der Waals surface area (Å²) >= 11 is 0. The van der Waals surface area contributed by atoms with E-state index in [-0.39, 0.29) is 11.9 Å². The number of rotatable bonds is 6. The van der Waals surface area contributed by atoms with Crippen molar-refractivity contribution in [2.24, 2.45) is 5.92 Å². The molecule has 0 spiro atoms. The van der Waals surface area contributed by atoms with Crippen LogP contribution in [0.1, 0.15) is 13.3 Å². The maximum absolute atomic E-state index is 11.1. The quantitative estimate of drug-likeness (QED) is 0.713. The Morgan fingerprint density at radius 3 is 2.59 bits per heavy atom. The molecule has 1 aromatic carbocycles. The smallest absolute Gasteiger partial charge is 0.308 e. The molecule has 93 valence electrons. The van der Waals surface area contributed by atoms with Crippen LogP contribution in [0.2, 0.25) is 0 Å². The van der Waals surface area contributed by atoms with Crippen molar-refractivity contribution in [3.05, 3.63) is 31.4 Å². The van der Waals surface area contributed by atoms with Gasteiger partial charge in [-0.1, -0.05) is 19.1 Å². The summed E-state index contributed by atoms with van der Waals surface area (Å²) in [5.74, 6) is 0.806. The fourth-order valence-corrected chi connectivity index (χ4v) is 1.34. The number of ether oxygens (including phenoxy) is 3. The zero-order chi connectivity index (χ0) is 12.7. The number of para-hydroxylation sites is 2. The number of methoxy groups -OCH3 is 1. The molecule has 0 saturated carbocycles. The number of hydrogen-bond donors (Lipinski definition) is 0. The molecule has 0 saturated heterocycles. The molecule has 0 aliphatic heterocycles. The molecule has 0 aliphatic carbocycles. The summed E-state index contributed by atoms with van der Waals surface area (Å²) in [6.45, 7) is 2.20. The van der Waals surface area contributed by atoms with Crippen LogP contribution in [0.25, 0.3) is 0 Å². The Morgan fingerprint density at radius 1 is 1.35 bits per heavy atom. The molecule has 1 rings (SSSR count). The molecule has 0 N–H and O–H groups in total. The van der Waals surface area contributed by atoms with Crippen LogP contribution >= 0.6 is 0 Å². The molecule has 17 heavy (non-hydrogen) atoms. The zero-order valence-corrected chi connectivity index (χ0v) is 10.1. The summed E-state index contributed by atoms with van der Waals surface area (Å²) in [5, 5.41) is 0. The van der Waals surface area contributed by atoms with E-state index in [1.165, 1.54) is 0 Å². The van der Waals surface area contributed by atoms with E-state index in [0.717, 1.165) is 0 Å². The molecule has 0 fully saturated rings. The third kappa shape index (κ3) is 3.98. The van der Waals surface area contributed by atoms with Crippen molar-refractivity contribution in [2.75, 3.05) is 13.7 Å². The lowest BCUT2D eigenvalue weighted by Gasteiger charge is -2.12. The summed E-state index contributed by atoms with van der Waals surface area (Å²) in [4.78, 5) is 11.1. The molecule has 1 atom stereocenters. The highest BCUT2D eigenvalue weighted by atomic mass is 16.5. The number of carbonyl (C=O) groups is 1. The van der Waals surface area contributed by atoms with Gasteiger partial charge in [-0.15, -0.1) is 0 Å². The predicted molar refractivity (Wildman–Crippen MR) is 63.7 cm³/mol. The van der Waals surface area contributed by atoms with Crippen LogP contribution in [0.15, 0.2) is 24.3 Å². The largest absolute Gasteiger partial charge is 0.493 e. The van der Waals surface area contributed by atoms with E-state index in [9.17, 15) is 4.79 Å². The lowest BCUT2D eigenvalue weighted by atomic mass is 10.1. The van der Waals surface area contributed by atoms with Crippen molar-refractivity contribution in [2.45, 2.75) is 13.3 Å². The van der Waals surface area contributed by atoms with Gasteiger partial charge in [0.15, 0.2) is 11.5 Å². The lowest BCUT2D eigenvalue weighted by molar-refractivity contribution is -0.143. The van der Waals surface area contributed by atoms with Crippen molar-refractivity contribution in [3.63, 3.8) is 0 Å². The monoisotopic (exact) mass is 237 g/mol. The van der Waals surface area contributed by atoms with Gasteiger partial charge < -0.3 is 14.2 Å². The molecule has 0 bridgehead atoms. The summed E-state index contributed by atoms with van der Waals surface area (Å²) in [7, 11) is 4.68. The van der Waals surface area contributed by atoms with E-state index in [0.29, 0.717) is 24.5 Å². The van der Waals surface area contributed by atoms with E-state index in [1.54, 1.807) is 14.0 Å². The summed E-state index contributed by atoms with van der Waals surface area (Å²) < 4.78 is 15.1. The SMILES string of the molecule is [CH2]OC(=O)C(C)CCOc1ccccc1OC. The fourth-order valence-electron chi connectivity index (χ4n) is 1.34. The second kappa shape index (κ2) is 6.78. The zero-order valence-electron chi connectivity index (χ0n) is 10.1. The average molecular weight is 237 g/mol. The van der Waals surface area contributed by atoms with Crippen LogP contribution in [0, 0.1) is 13.0 Å². The number of carbonyl (C=O) groups excluding carboxylic acids is 1. The van der Waals surface area contributed by atoms with Gasteiger partial charge in [-0.3, -0.25) is 4.79 Å². The minimum absolute atomic E-state index is 0.220. The number of esters is 1. The number of hydrogen-bond acceptors (Lipinski definition) is 4. The highest BCUT2D eigenvalue weighted by molar-refractivity contribution is 5.72. The van der Waals surface area contributed by atoms with Crippen molar-refractivity contribution in [1.82, 2.24) is 0 Å². The molecule has 0 amide bonds. The van der Waals surface area contributed by atoms with E-state index in [4.69, 9.17) is 9.47 Å². The summed E-state index contributed by atoms with van der Waals surface area (Å²) in [6, 6.07) is 7.38. The first kappa shape index (κ1) is 13.4. The van der Waals surface area contributed by atoms with Gasteiger partial charge in [-0.05, 0) is 18.6 Å². The van der Waals surface area contributed by atoms with Crippen LogP contribution in [-0.4, -0.2) is 19.7 Å². The second-order valence-corrected chi connectivity index (χ2v) is 3.65. The molecule has 0 heterocycles. The molecular weight excluding hydrogens is 220 g/mol. The maximum Gasteiger partial charge on any atom is 0.308 e. The van der Waals surface area contributed by atoms with Gasteiger partial charge in [0.1, 0.15) is 7.11 Å². The minimum atomic E-state index is -0.325. The van der Waals surface area contributed by atoms with E-state index >= 15 is 0 Å². The first-order valence-electron chi connectivity index (χ1n) is 5.40. The normalized spacial score (nSPS) is 11.7. The van der Waals surface area contributed by atoms with Crippen LogP contribution < -0.4 is 9.47 Å². The van der Waals surface area contributed by atoms with Crippen molar-refractivity contribution < 1.29 is 19.0 Å². The molecule has 4 heteroatoms. The van der Waals surface area contributed by atoms with Crippen LogP contribution in [0.4, 0.5) is 0 Å². The van der Waals surface area contributed by atoms with Gasteiger partial charge in [-0.2, -0.15) is 0 Å². The third-order valence-corrected chi connectivity index (χ3v) is 2.42. The summed E-state index contributed by atoms with van der Waals surface area (Å²) in [5.41, 5.74) is 0. The summed E-state index contributed by atoms with van der Waals surface area (Å²) in [6.07, 6.45) is 0.576. The van der Waals surface area contributed by atoms with Crippen LogP contribution in [-0.2, 0) is 9.53 Å². The predicted octanol–water partition coefficient (Wildman–Crippen LogP) is 2.43. The van der Waals surface area contributed by atoms with Gasteiger partial charge in [0.25, 0.3) is 0 Å². The fraction of sp³-hybridized carbons (Fsp3) is 0.385. The molecule has 0 aromatic heterocycles. The van der Waals surface area contributed by atoms with Crippen LogP contribution in [0.3, 0.4) is 0 Å². The lowest BCUT2D eigenvalue weighted by Crippen LogP contribution is -2.15. The average Bonchev–Trinajstić information content (AvgIpc) is 2.38. The van der Waals surface area contributed by atoms with E-state index in [2.05, 4.69) is 11.8 Å². The first-order chi connectivity index (χ1) is 8.19. The Hall–Kier alpha value is -1.71. The molecule has 1 unspecified atom stereocenters. The van der Waals surface area contributed by atoms with Crippen LogP contribution in [0.5, 0.6) is 11.5 Å². The molecule has 1 aromatic rings. The standard InChI is InChI=1S/C13H17O4/c1-10(13(14)16-3)8-9-17-12-7-5-4-6-11(12)15-2/h4-7,10H,3,8-9H2,1-2H3. The minimum Gasteiger partial charge on any atom is -0.493 e. The third-order valence-electron chi connectivity index (χ3n) is 2.42. The Labute approximate surface area is 101 Å². The topological polar surface area (TPSA) is 44.8 Å². The number of benzene rings is 1. The van der Waals surface area contributed by atoms with Gasteiger partial charge in [0, 0.05) is 0 Å². The molecule has 0 aliphatic rings. The highest BCUT2D eigenvalue weighted by Crippen LogP contribution is 2.26. The van der Waals surface area contributed by atoms with E-state index in [1.807, 2.05) is 24.3 Å². The van der Waals surface area contributed by atoms with Crippen molar-refractivity contribution in [3.8, 4) is 11.5 Å². The van der Waals surface area contributed by atoms with Gasteiger partial charge in [0.2, 0.25) is 0 Å². The first-order valence-corrected chi connectivity index (χ1v) is 5.40. The van der Waals surface area contributed by atoms with E-state index < -0.39 is 0 Å². The molecule has 1 radical (unpaired) electrons. The molecule has 4 nitrogen and oxygen atoms in total. The van der Waals surface area contributed by atoms with Crippen molar-refractivity contribution in [1.29, 1.82) is 0 Å². The van der Waals surface area contributed by atoms with Crippen molar-refractivity contribution >= 4 is 5.97 Å². The highest BCUT2D eigenvalue weighted by Gasteiger charge is 2.13. The molecular formula is C13H17O4. The Kier molecular flexibility index (Phi) is 5.33. The maximum atomic E-state index is 11.1. The Balaban J connectivity index is 2.43. The Morgan fingerprint density at radius 2 is 2.00 bits per heavy atom. The van der Waals surface area contributed by atoms with Gasteiger partial charge in [0.05, 0.1) is 19.6 Å². The Bertz CT molecular complexity index is 362. The van der Waals surface area contributed by atoms with Gasteiger partial charge >= 0.3 is 5.97 Å².